The van der Waals surface area contributed by atoms with E-state index in [2.05, 4.69) is 0 Å². The van der Waals surface area contributed by atoms with E-state index in [1.54, 1.807) is 0 Å². The third-order valence-corrected chi connectivity index (χ3v) is 2.24. The summed E-state index contributed by atoms with van der Waals surface area (Å²) in [6.45, 7) is 5.80. The molecule has 0 amide bonds. The van der Waals surface area contributed by atoms with E-state index in [0.29, 0.717) is 17.7 Å². The lowest BCUT2D eigenvalue weighted by Gasteiger charge is -2.09. The lowest BCUT2D eigenvalue weighted by molar-refractivity contribution is -0.133. The van der Waals surface area contributed by atoms with E-state index in [1.807, 2.05) is 20.8 Å². The number of nitrogens with one attached hydrogen (secondary N) is 1. The van der Waals surface area contributed by atoms with Crippen LogP contribution >= 0.6 is 0 Å². The number of carboxylic acids is 1. The lowest BCUT2D eigenvalue weighted by Crippen LogP contribution is -2.11. The second kappa shape index (κ2) is 6.35. The molecule has 0 heterocycles. The van der Waals surface area contributed by atoms with Crippen LogP contribution in [-0.4, -0.2) is 16.8 Å². The van der Waals surface area contributed by atoms with Crippen LogP contribution in [0.1, 0.15) is 40.0 Å². The SMILES string of the molecule is CCCC(=N)/C=C(/C(=O)O)C(C)CC. The van der Waals surface area contributed by atoms with Crippen molar-refractivity contribution < 1.29 is 9.90 Å². The monoisotopic (exact) mass is 197 g/mol. The Hall–Kier alpha value is -1.12. The van der Waals surface area contributed by atoms with Crippen LogP contribution < -0.4 is 0 Å². The van der Waals surface area contributed by atoms with Crippen molar-refractivity contribution in [2.45, 2.75) is 40.0 Å². The summed E-state index contributed by atoms with van der Waals surface area (Å²) in [5, 5.41) is 16.5. The van der Waals surface area contributed by atoms with E-state index >= 15 is 0 Å². The topological polar surface area (TPSA) is 61.2 Å². The normalized spacial score (nSPS) is 13.8. The van der Waals surface area contributed by atoms with Crippen LogP contribution in [0.15, 0.2) is 11.6 Å². The molecule has 0 saturated heterocycles. The van der Waals surface area contributed by atoms with Crippen molar-refractivity contribution in [3.63, 3.8) is 0 Å². The van der Waals surface area contributed by atoms with E-state index in [-0.39, 0.29) is 5.92 Å². The molecule has 2 N–H and O–H groups in total. The molecule has 0 fully saturated rings. The van der Waals surface area contributed by atoms with Gasteiger partial charge in [-0.25, -0.2) is 4.79 Å². The summed E-state index contributed by atoms with van der Waals surface area (Å²) < 4.78 is 0. The van der Waals surface area contributed by atoms with Gasteiger partial charge >= 0.3 is 5.97 Å². The minimum absolute atomic E-state index is 0.0182. The van der Waals surface area contributed by atoms with Crippen molar-refractivity contribution in [1.82, 2.24) is 0 Å². The molecule has 0 aliphatic carbocycles. The fourth-order valence-electron chi connectivity index (χ4n) is 1.16. The number of allylic oxidation sites excluding steroid dienone is 1. The molecular weight excluding hydrogens is 178 g/mol. The van der Waals surface area contributed by atoms with Crippen molar-refractivity contribution in [3.05, 3.63) is 11.6 Å². The fourth-order valence-corrected chi connectivity index (χ4v) is 1.16. The van der Waals surface area contributed by atoms with Crippen molar-refractivity contribution >= 4 is 11.7 Å². The average Bonchev–Trinajstić information content (AvgIpc) is 2.13. The molecule has 0 aromatic rings. The molecule has 14 heavy (non-hydrogen) atoms. The predicted octanol–water partition coefficient (Wildman–Crippen LogP) is 2.86. The smallest absolute Gasteiger partial charge is 0.331 e. The molecule has 3 nitrogen and oxygen atoms in total. The summed E-state index contributed by atoms with van der Waals surface area (Å²) in [5.41, 5.74) is 0.760. The Morgan fingerprint density at radius 3 is 2.43 bits per heavy atom. The number of hydrogen-bond acceptors (Lipinski definition) is 2. The predicted molar refractivity (Wildman–Crippen MR) is 57.8 cm³/mol. The molecule has 3 heteroatoms. The molecule has 0 bridgehead atoms. The van der Waals surface area contributed by atoms with Gasteiger partial charge in [-0.3, -0.25) is 0 Å². The largest absolute Gasteiger partial charge is 0.478 e. The molecular formula is C11H19NO2. The van der Waals surface area contributed by atoms with Crippen molar-refractivity contribution in [2.75, 3.05) is 0 Å². The van der Waals surface area contributed by atoms with Gasteiger partial charge in [-0.2, -0.15) is 0 Å². The third-order valence-electron chi connectivity index (χ3n) is 2.24. The highest BCUT2D eigenvalue weighted by atomic mass is 16.4. The molecule has 1 unspecified atom stereocenters. The summed E-state index contributed by atoms with van der Waals surface area (Å²) in [6, 6.07) is 0. The summed E-state index contributed by atoms with van der Waals surface area (Å²) in [7, 11) is 0. The van der Waals surface area contributed by atoms with Gasteiger partial charge in [0.2, 0.25) is 0 Å². The van der Waals surface area contributed by atoms with Crippen molar-refractivity contribution in [2.24, 2.45) is 5.92 Å². The lowest BCUT2D eigenvalue weighted by atomic mass is 9.96. The van der Waals surface area contributed by atoms with E-state index in [0.717, 1.165) is 12.8 Å². The molecule has 0 saturated carbocycles. The minimum Gasteiger partial charge on any atom is -0.478 e. The molecule has 80 valence electrons. The third kappa shape index (κ3) is 4.21. The Morgan fingerprint density at radius 2 is 2.07 bits per heavy atom. The Morgan fingerprint density at radius 1 is 1.50 bits per heavy atom. The van der Waals surface area contributed by atoms with Crippen LogP contribution in [0.3, 0.4) is 0 Å². The van der Waals surface area contributed by atoms with Crippen molar-refractivity contribution in [3.8, 4) is 0 Å². The average molecular weight is 197 g/mol. The summed E-state index contributed by atoms with van der Waals surface area (Å²) in [5.74, 6) is -0.884. The molecule has 0 rings (SSSR count). The van der Waals surface area contributed by atoms with Gasteiger partial charge in [0.25, 0.3) is 0 Å². The Kier molecular flexibility index (Phi) is 5.84. The Bertz CT molecular complexity index is 244. The van der Waals surface area contributed by atoms with Gasteiger partial charge in [0.1, 0.15) is 0 Å². The molecule has 1 atom stereocenters. The highest BCUT2D eigenvalue weighted by Gasteiger charge is 2.14. The maximum Gasteiger partial charge on any atom is 0.331 e. The summed E-state index contributed by atoms with van der Waals surface area (Å²) in [4.78, 5) is 10.9. The first-order chi connectivity index (χ1) is 6.52. The van der Waals surface area contributed by atoms with Gasteiger partial charge < -0.3 is 10.5 Å². The van der Waals surface area contributed by atoms with Crippen LogP contribution in [0, 0.1) is 11.3 Å². The summed E-state index contributed by atoms with van der Waals surface area (Å²) in [6.07, 6.45) is 3.81. The highest BCUT2D eigenvalue weighted by molar-refractivity contribution is 6.00. The number of rotatable bonds is 6. The van der Waals surface area contributed by atoms with Gasteiger partial charge in [0, 0.05) is 11.3 Å². The van der Waals surface area contributed by atoms with Crippen LogP contribution in [0.2, 0.25) is 0 Å². The van der Waals surface area contributed by atoms with Crippen LogP contribution in [0.4, 0.5) is 0 Å². The number of aliphatic carboxylic acids is 1. The first kappa shape index (κ1) is 12.9. The molecule has 0 aliphatic rings. The van der Waals surface area contributed by atoms with E-state index in [9.17, 15) is 4.79 Å². The highest BCUT2D eigenvalue weighted by Crippen LogP contribution is 2.15. The van der Waals surface area contributed by atoms with Gasteiger partial charge in [0.15, 0.2) is 0 Å². The Balaban J connectivity index is 4.64. The summed E-state index contributed by atoms with van der Waals surface area (Å²) >= 11 is 0. The zero-order valence-electron chi connectivity index (χ0n) is 9.13. The van der Waals surface area contributed by atoms with Crippen LogP contribution in [-0.2, 0) is 4.79 Å². The zero-order chi connectivity index (χ0) is 11.1. The maximum atomic E-state index is 10.9. The Labute approximate surface area is 85.3 Å². The fraction of sp³-hybridized carbons (Fsp3) is 0.636. The van der Waals surface area contributed by atoms with Crippen LogP contribution in [0.5, 0.6) is 0 Å². The molecule has 0 aliphatic heterocycles. The van der Waals surface area contributed by atoms with E-state index in [4.69, 9.17) is 10.5 Å². The van der Waals surface area contributed by atoms with E-state index < -0.39 is 5.97 Å². The number of hydrogen-bond donors (Lipinski definition) is 2. The van der Waals surface area contributed by atoms with Crippen molar-refractivity contribution in [1.29, 1.82) is 5.41 Å². The van der Waals surface area contributed by atoms with Gasteiger partial charge in [-0.05, 0) is 24.8 Å². The second-order valence-corrected chi connectivity index (χ2v) is 3.49. The van der Waals surface area contributed by atoms with Gasteiger partial charge in [-0.15, -0.1) is 0 Å². The van der Waals surface area contributed by atoms with Gasteiger partial charge in [-0.1, -0.05) is 27.2 Å². The zero-order valence-corrected chi connectivity index (χ0v) is 9.13. The second-order valence-electron chi connectivity index (χ2n) is 3.49. The quantitative estimate of drug-likeness (QED) is 0.508. The standard InChI is InChI=1S/C11H19NO2/c1-4-6-9(12)7-10(11(13)14)8(3)5-2/h7-8,12H,4-6H2,1-3H3,(H,13,14)/b10-7+,12-9?. The minimum atomic E-state index is -0.903. The molecule has 0 spiro atoms. The van der Waals surface area contributed by atoms with E-state index in [1.165, 1.54) is 6.08 Å². The molecule has 0 aromatic heterocycles. The number of carbonyl (C=O) groups is 1. The van der Waals surface area contributed by atoms with Gasteiger partial charge in [0.05, 0.1) is 0 Å². The first-order valence-electron chi connectivity index (χ1n) is 5.05. The number of carboxylic acid groups (broad SMARTS) is 1. The first-order valence-corrected chi connectivity index (χ1v) is 5.05. The van der Waals surface area contributed by atoms with Crippen LogP contribution in [0.25, 0.3) is 0 Å². The molecule has 0 aromatic carbocycles. The molecule has 0 radical (unpaired) electrons. The maximum absolute atomic E-state index is 10.9.